The number of urea groups is 1. The number of halogens is 1. The van der Waals surface area contributed by atoms with Crippen LogP contribution in [0.15, 0.2) is 18.2 Å². The standard InChI is InChI=1S/C21H32ClN3O3S/c1-16(18-12-19(22)14-20(13-18)28-15-17-6-7-17)24-29-11-5-3-4-8-25(9-10-26)21(27)23-2/h10,12-14,16-17,24H,3-9,11,15H2,1-2H3,(H,23,27). The molecule has 29 heavy (non-hydrogen) atoms. The lowest BCUT2D eigenvalue weighted by Crippen LogP contribution is -2.39. The average Bonchev–Trinajstić information content (AvgIpc) is 3.54. The van der Waals surface area contributed by atoms with E-state index in [4.69, 9.17) is 16.3 Å². The number of nitrogens with zero attached hydrogens (tertiary/aromatic N) is 1. The molecular weight excluding hydrogens is 410 g/mol. The van der Waals surface area contributed by atoms with E-state index in [2.05, 4.69) is 23.0 Å². The highest BCUT2D eigenvalue weighted by atomic mass is 35.5. The normalized spacial score (nSPS) is 14.3. The summed E-state index contributed by atoms with van der Waals surface area (Å²) in [6.45, 7) is 3.63. The number of unbranched alkanes of at least 4 members (excludes halogenated alkanes) is 2. The van der Waals surface area contributed by atoms with E-state index < -0.39 is 0 Å². The number of benzene rings is 1. The smallest absolute Gasteiger partial charge is 0.317 e. The zero-order chi connectivity index (χ0) is 21.1. The van der Waals surface area contributed by atoms with Gasteiger partial charge in [-0.05, 0) is 62.3 Å². The van der Waals surface area contributed by atoms with Gasteiger partial charge in [-0.15, -0.1) is 0 Å². The fourth-order valence-corrected chi connectivity index (χ4v) is 3.93. The van der Waals surface area contributed by atoms with Gasteiger partial charge in [0.25, 0.3) is 0 Å². The van der Waals surface area contributed by atoms with Crippen molar-refractivity contribution in [3.05, 3.63) is 28.8 Å². The number of aldehydes is 1. The van der Waals surface area contributed by atoms with Crippen molar-refractivity contribution in [3.8, 4) is 5.75 Å². The fourth-order valence-electron chi connectivity index (χ4n) is 2.85. The van der Waals surface area contributed by atoms with Gasteiger partial charge in [-0.3, -0.25) is 4.72 Å². The maximum atomic E-state index is 11.6. The van der Waals surface area contributed by atoms with Crippen LogP contribution in [-0.4, -0.2) is 49.7 Å². The van der Waals surface area contributed by atoms with Crippen LogP contribution in [0.1, 0.15) is 50.6 Å². The monoisotopic (exact) mass is 441 g/mol. The largest absolute Gasteiger partial charge is 0.493 e. The van der Waals surface area contributed by atoms with Crippen molar-refractivity contribution >= 4 is 35.9 Å². The van der Waals surface area contributed by atoms with Crippen molar-refractivity contribution in [2.24, 2.45) is 5.92 Å². The summed E-state index contributed by atoms with van der Waals surface area (Å²) in [5.74, 6) is 2.53. The summed E-state index contributed by atoms with van der Waals surface area (Å²) >= 11 is 7.95. The predicted octanol–water partition coefficient (Wildman–Crippen LogP) is 4.44. The number of hydrogen-bond donors (Lipinski definition) is 2. The summed E-state index contributed by atoms with van der Waals surface area (Å²) in [5.41, 5.74) is 1.12. The Kier molecular flexibility index (Phi) is 10.7. The maximum absolute atomic E-state index is 11.6. The van der Waals surface area contributed by atoms with E-state index in [1.54, 1.807) is 19.0 Å². The third-order valence-corrected chi connectivity index (χ3v) is 6.04. The Labute approximate surface area is 183 Å². The van der Waals surface area contributed by atoms with E-state index in [1.165, 1.54) is 17.7 Å². The minimum Gasteiger partial charge on any atom is -0.493 e. The molecule has 0 aliphatic heterocycles. The van der Waals surface area contributed by atoms with Crippen molar-refractivity contribution in [3.63, 3.8) is 0 Å². The van der Waals surface area contributed by atoms with Crippen molar-refractivity contribution in [2.45, 2.75) is 45.1 Å². The van der Waals surface area contributed by atoms with Crippen molar-refractivity contribution in [1.82, 2.24) is 14.9 Å². The summed E-state index contributed by atoms with van der Waals surface area (Å²) < 4.78 is 9.32. The number of amides is 2. The van der Waals surface area contributed by atoms with E-state index in [1.807, 2.05) is 12.1 Å². The lowest BCUT2D eigenvalue weighted by molar-refractivity contribution is -0.108. The van der Waals surface area contributed by atoms with Crippen molar-refractivity contribution < 1.29 is 14.3 Å². The zero-order valence-electron chi connectivity index (χ0n) is 17.3. The first kappa shape index (κ1) is 23.8. The lowest BCUT2D eigenvalue weighted by atomic mass is 10.1. The number of ether oxygens (including phenoxy) is 1. The first-order valence-corrected chi connectivity index (χ1v) is 11.6. The number of carbonyl (C=O) groups excluding carboxylic acids is 2. The van der Waals surface area contributed by atoms with Gasteiger partial charge < -0.3 is 19.7 Å². The molecule has 2 rings (SSSR count). The number of hydrogen-bond acceptors (Lipinski definition) is 5. The molecule has 2 N–H and O–H groups in total. The molecule has 0 saturated heterocycles. The number of carbonyl (C=O) groups is 2. The van der Waals surface area contributed by atoms with Gasteiger partial charge in [-0.1, -0.05) is 30.0 Å². The molecule has 1 saturated carbocycles. The molecule has 2 amide bonds. The molecule has 0 heterocycles. The Morgan fingerprint density at radius 1 is 1.34 bits per heavy atom. The van der Waals surface area contributed by atoms with Crippen LogP contribution in [0.2, 0.25) is 5.02 Å². The van der Waals surface area contributed by atoms with E-state index in [0.717, 1.165) is 49.2 Å². The third-order valence-electron chi connectivity index (χ3n) is 4.81. The van der Waals surface area contributed by atoms with Crippen LogP contribution in [0, 0.1) is 5.92 Å². The first-order valence-electron chi connectivity index (χ1n) is 10.2. The summed E-state index contributed by atoms with van der Waals surface area (Å²) in [7, 11) is 1.58. The molecule has 8 heteroatoms. The van der Waals surface area contributed by atoms with Crippen LogP contribution in [0.3, 0.4) is 0 Å². The summed E-state index contributed by atoms with van der Waals surface area (Å²) in [6, 6.07) is 5.87. The highest BCUT2D eigenvalue weighted by Gasteiger charge is 2.22. The van der Waals surface area contributed by atoms with Gasteiger partial charge in [0, 0.05) is 30.4 Å². The molecule has 1 atom stereocenters. The van der Waals surface area contributed by atoms with E-state index in [0.29, 0.717) is 17.5 Å². The molecule has 0 spiro atoms. The van der Waals surface area contributed by atoms with Gasteiger partial charge in [0.1, 0.15) is 12.0 Å². The predicted molar refractivity (Wildman–Crippen MR) is 120 cm³/mol. The SMILES string of the molecule is CNC(=O)N(CC=O)CCCCCSNC(C)c1cc(Cl)cc(OCC2CC2)c1. The van der Waals surface area contributed by atoms with Gasteiger partial charge in [-0.2, -0.15) is 0 Å². The van der Waals surface area contributed by atoms with Crippen molar-refractivity contribution in [1.29, 1.82) is 0 Å². The lowest BCUT2D eigenvalue weighted by Gasteiger charge is -2.19. The summed E-state index contributed by atoms with van der Waals surface area (Å²) in [6.07, 6.45) is 6.22. The number of nitrogens with one attached hydrogen (secondary N) is 2. The zero-order valence-corrected chi connectivity index (χ0v) is 18.9. The van der Waals surface area contributed by atoms with Gasteiger partial charge in [0.15, 0.2) is 0 Å². The minimum absolute atomic E-state index is 0.138. The van der Waals surface area contributed by atoms with Gasteiger partial charge in [0.05, 0.1) is 13.2 Å². The number of rotatable bonds is 14. The van der Waals surface area contributed by atoms with Gasteiger partial charge in [-0.25, -0.2) is 4.79 Å². The molecule has 1 aliphatic carbocycles. The molecule has 162 valence electrons. The van der Waals surface area contributed by atoms with E-state index >= 15 is 0 Å². The van der Waals surface area contributed by atoms with Gasteiger partial charge >= 0.3 is 6.03 Å². The Balaban J connectivity index is 1.63. The van der Waals surface area contributed by atoms with Crippen LogP contribution >= 0.6 is 23.5 Å². The first-order chi connectivity index (χ1) is 14.0. The van der Waals surface area contributed by atoms with Gasteiger partial charge in [0.2, 0.25) is 0 Å². The third kappa shape index (κ3) is 9.28. The second-order valence-corrected chi connectivity index (χ2v) is 8.76. The van der Waals surface area contributed by atoms with E-state index in [-0.39, 0.29) is 18.6 Å². The molecule has 1 aromatic rings. The molecule has 6 nitrogen and oxygen atoms in total. The second-order valence-electron chi connectivity index (χ2n) is 7.39. The molecule has 1 unspecified atom stereocenters. The van der Waals surface area contributed by atoms with Crippen LogP contribution in [0.25, 0.3) is 0 Å². The molecule has 0 radical (unpaired) electrons. The Bertz CT molecular complexity index is 658. The summed E-state index contributed by atoms with van der Waals surface area (Å²) in [4.78, 5) is 23.8. The molecular formula is C21H32ClN3O3S. The Hall–Kier alpha value is -1.44. The molecule has 1 fully saturated rings. The highest BCUT2D eigenvalue weighted by molar-refractivity contribution is 7.97. The second kappa shape index (κ2) is 13.0. The summed E-state index contributed by atoms with van der Waals surface area (Å²) in [5, 5.41) is 3.26. The fraction of sp³-hybridized carbons (Fsp3) is 0.619. The van der Waals surface area contributed by atoms with Crippen LogP contribution < -0.4 is 14.8 Å². The molecule has 0 aromatic heterocycles. The quantitative estimate of drug-likeness (QED) is 0.254. The average molecular weight is 442 g/mol. The molecule has 1 aromatic carbocycles. The minimum atomic E-state index is -0.205. The van der Waals surface area contributed by atoms with Crippen molar-refractivity contribution in [2.75, 3.05) is 32.5 Å². The van der Waals surface area contributed by atoms with Crippen LogP contribution in [0.5, 0.6) is 5.75 Å². The topological polar surface area (TPSA) is 70.7 Å². The van der Waals surface area contributed by atoms with Crippen LogP contribution in [0.4, 0.5) is 4.79 Å². The highest BCUT2D eigenvalue weighted by Crippen LogP contribution is 2.31. The van der Waals surface area contributed by atoms with E-state index in [9.17, 15) is 9.59 Å². The maximum Gasteiger partial charge on any atom is 0.317 e. The molecule has 0 bridgehead atoms. The molecule has 1 aliphatic rings. The van der Waals surface area contributed by atoms with Crippen LogP contribution in [-0.2, 0) is 4.79 Å². The Morgan fingerprint density at radius 2 is 2.14 bits per heavy atom. The Morgan fingerprint density at radius 3 is 2.83 bits per heavy atom.